The molecule has 0 saturated carbocycles. The van der Waals surface area contributed by atoms with E-state index in [1.165, 1.54) is 50.1 Å². The predicted molar refractivity (Wildman–Crippen MR) is 287 cm³/mol. The van der Waals surface area contributed by atoms with Crippen molar-refractivity contribution in [2.24, 2.45) is 0 Å². The van der Waals surface area contributed by atoms with Crippen LogP contribution in [-0.4, -0.2) is 0 Å². The fourth-order valence-corrected chi connectivity index (χ4v) is 12.2. The zero-order chi connectivity index (χ0) is 45.9. The lowest BCUT2D eigenvalue weighted by atomic mass is 9.65. The Morgan fingerprint density at radius 2 is 0.843 bits per heavy atom. The van der Waals surface area contributed by atoms with Gasteiger partial charge in [0.05, 0.1) is 11.1 Å². The summed E-state index contributed by atoms with van der Waals surface area (Å²) in [6.45, 7) is 0. The van der Waals surface area contributed by atoms with Crippen molar-refractivity contribution in [1.82, 2.24) is 0 Å². The molecule has 12 aromatic rings. The first-order valence-electron chi connectivity index (χ1n) is 24.1. The molecule has 326 valence electrons. The highest BCUT2D eigenvalue weighted by Gasteiger charge is 2.51. The van der Waals surface area contributed by atoms with Gasteiger partial charge in [-0.15, -0.1) is 0 Å². The molecular weight excluding hydrogens is 851 g/mol. The smallest absolute Gasteiger partial charge is 0.143 e. The molecule has 3 aliphatic rings. The molecular formula is C67H41NO2. The number of benzene rings is 11. The van der Waals surface area contributed by atoms with Gasteiger partial charge in [-0.2, -0.15) is 0 Å². The van der Waals surface area contributed by atoms with E-state index in [0.29, 0.717) is 0 Å². The molecule has 1 spiro atoms. The zero-order valence-electron chi connectivity index (χ0n) is 37.9. The molecule has 15 rings (SSSR count). The van der Waals surface area contributed by atoms with Gasteiger partial charge in [-0.25, -0.2) is 0 Å². The number of anilines is 3. The molecule has 1 aliphatic heterocycles. The molecule has 70 heavy (non-hydrogen) atoms. The maximum atomic E-state index is 6.97. The molecule has 0 fully saturated rings. The van der Waals surface area contributed by atoms with Crippen LogP contribution in [0.15, 0.2) is 253 Å². The largest absolute Gasteiger partial charge is 0.456 e. The van der Waals surface area contributed by atoms with Crippen LogP contribution in [0.5, 0.6) is 11.5 Å². The molecule has 2 heterocycles. The molecule has 0 saturated heterocycles. The number of rotatable bonds is 4. The molecule has 1 unspecified atom stereocenters. The minimum Gasteiger partial charge on any atom is -0.456 e. The highest BCUT2D eigenvalue weighted by molar-refractivity contribution is 6.13. The van der Waals surface area contributed by atoms with Gasteiger partial charge in [0.15, 0.2) is 0 Å². The Bertz CT molecular complexity index is 4130. The number of hydrogen-bond acceptors (Lipinski definition) is 3. The van der Waals surface area contributed by atoms with E-state index in [9.17, 15) is 0 Å². The normalized spacial score (nSPS) is 14.5. The number of para-hydroxylation sites is 4. The van der Waals surface area contributed by atoms with Crippen LogP contribution in [-0.2, 0) is 5.41 Å². The molecule has 11 aromatic carbocycles. The maximum absolute atomic E-state index is 6.97. The fraction of sp³-hybridized carbons (Fsp3) is 0.0149. The van der Waals surface area contributed by atoms with Crippen LogP contribution in [0, 0.1) is 0 Å². The Balaban J connectivity index is 1.07. The summed E-state index contributed by atoms with van der Waals surface area (Å²) in [5.74, 6) is 1.69. The van der Waals surface area contributed by atoms with Crippen molar-refractivity contribution in [2.75, 3.05) is 4.90 Å². The molecule has 1 atom stereocenters. The van der Waals surface area contributed by atoms with Gasteiger partial charge in [-0.05, 0) is 115 Å². The van der Waals surface area contributed by atoms with Crippen LogP contribution in [0.3, 0.4) is 0 Å². The molecule has 0 N–H and O–H groups in total. The molecule has 3 heteroatoms. The van der Waals surface area contributed by atoms with Crippen LogP contribution < -0.4 is 9.64 Å². The van der Waals surface area contributed by atoms with Crippen molar-refractivity contribution in [3.63, 3.8) is 0 Å². The third kappa shape index (κ3) is 5.40. The number of nitrogens with zero attached hydrogens (tertiary/aromatic N) is 1. The lowest BCUT2D eigenvalue weighted by molar-refractivity contribution is 0.488. The topological polar surface area (TPSA) is 25.6 Å². The lowest BCUT2D eigenvalue weighted by Gasteiger charge is -2.36. The molecule has 3 nitrogen and oxygen atoms in total. The highest BCUT2D eigenvalue weighted by atomic mass is 16.5. The van der Waals surface area contributed by atoms with Crippen LogP contribution in [0.1, 0.15) is 22.3 Å². The standard InChI is InChI=1S/C67H41NO2/c1-2-18-42(19-3-1)45-20-8-14-30-61(45)68(43-34-36-48-51-24-9-15-31-62(51)69-63-32-16-11-26-53(63)56(48)40-43)44-35-37-50-47-22-5-4-21-46(47)49-23-6-12-28-57(49)67(60(50)41-44)58-29-13-7-27-55(58)65-59(67)39-38-54-52-25-10-17-33-64(52)70-66(54)65/h1-41H. The number of furan rings is 1. The zero-order valence-corrected chi connectivity index (χ0v) is 37.9. The second-order valence-corrected chi connectivity index (χ2v) is 18.6. The summed E-state index contributed by atoms with van der Waals surface area (Å²) >= 11 is 0. The van der Waals surface area contributed by atoms with E-state index in [1.54, 1.807) is 0 Å². The van der Waals surface area contributed by atoms with Gasteiger partial charge >= 0.3 is 0 Å². The Kier molecular flexibility index (Phi) is 8.28. The van der Waals surface area contributed by atoms with Crippen molar-refractivity contribution < 1.29 is 9.15 Å². The summed E-state index contributed by atoms with van der Waals surface area (Å²) in [5.41, 5.74) is 23.0. The highest BCUT2D eigenvalue weighted by Crippen LogP contribution is 2.64. The average Bonchev–Trinajstić information content (AvgIpc) is 3.88. The molecule has 0 bridgehead atoms. The predicted octanol–water partition coefficient (Wildman–Crippen LogP) is 18.2. The SMILES string of the molecule is c1ccc(-c2ccccc2N(c2ccc3c(c2)-c2ccccc2Oc2ccccc2-3)c2ccc3c(c2)C2(c4ccccc4-c4ccccc4-3)c3ccccc3-c3c2ccc2c3oc3ccccc32)cc1. The van der Waals surface area contributed by atoms with Gasteiger partial charge < -0.3 is 14.1 Å². The van der Waals surface area contributed by atoms with Gasteiger partial charge in [-0.3, -0.25) is 0 Å². The van der Waals surface area contributed by atoms with E-state index >= 15 is 0 Å². The minimum absolute atomic E-state index is 0.738. The summed E-state index contributed by atoms with van der Waals surface area (Å²) in [7, 11) is 0. The van der Waals surface area contributed by atoms with Gasteiger partial charge in [0, 0.05) is 44.4 Å². The fourth-order valence-electron chi connectivity index (χ4n) is 12.2. The number of hydrogen-bond donors (Lipinski definition) is 0. The van der Waals surface area contributed by atoms with Gasteiger partial charge in [-0.1, -0.05) is 200 Å². The summed E-state index contributed by atoms with van der Waals surface area (Å²) in [5, 5.41) is 2.25. The van der Waals surface area contributed by atoms with Crippen molar-refractivity contribution in [3.05, 3.63) is 271 Å². The van der Waals surface area contributed by atoms with E-state index < -0.39 is 5.41 Å². The summed E-state index contributed by atoms with van der Waals surface area (Å²) in [6, 6.07) is 90.8. The first-order chi connectivity index (χ1) is 34.7. The average molecular weight is 892 g/mol. The summed E-state index contributed by atoms with van der Waals surface area (Å²) in [4.78, 5) is 2.48. The number of ether oxygens (including phenoxy) is 1. The second kappa shape index (κ2) is 14.9. The van der Waals surface area contributed by atoms with Crippen LogP contribution in [0.4, 0.5) is 17.1 Å². The monoisotopic (exact) mass is 891 g/mol. The van der Waals surface area contributed by atoms with Crippen molar-refractivity contribution >= 4 is 39.0 Å². The van der Waals surface area contributed by atoms with Crippen LogP contribution in [0.25, 0.3) is 88.7 Å². The first kappa shape index (κ1) is 38.9. The Morgan fingerprint density at radius 3 is 1.60 bits per heavy atom. The molecule has 0 amide bonds. The van der Waals surface area contributed by atoms with Crippen molar-refractivity contribution in [2.45, 2.75) is 5.41 Å². The third-order valence-corrected chi connectivity index (χ3v) is 15.1. The van der Waals surface area contributed by atoms with E-state index in [2.05, 4.69) is 248 Å². The quantitative estimate of drug-likeness (QED) is 0.176. The van der Waals surface area contributed by atoms with E-state index in [4.69, 9.17) is 9.15 Å². The Morgan fingerprint density at radius 1 is 0.314 bits per heavy atom. The summed E-state index contributed by atoms with van der Waals surface area (Å²) < 4.78 is 13.7. The minimum atomic E-state index is -0.738. The first-order valence-corrected chi connectivity index (χ1v) is 24.1. The molecule has 1 aromatic heterocycles. The van der Waals surface area contributed by atoms with Crippen LogP contribution in [0.2, 0.25) is 0 Å². The van der Waals surface area contributed by atoms with E-state index in [0.717, 1.165) is 89.4 Å². The second-order valence-electron chi connectivity index (χ2n) is 18.6. The number of fused-ring (bicyclic) bond motifs is 21. The van der Waals surface area contributed by atoms with Gasteiger partial charge in [0.1, 0.15) is 22.7 Å². The summed E-state index contributed by atoms with van der Waals surface area (Å²) in [6.07, 6.45) is 0. The van der Waals surface area contributed by atoms with Crippen molar-refractivity contribution in [3.8, 4) is 78.3 Å². The van der Waals surface area contributed by atoms with Crippen molar-refractivity contribution in [1.29, 1.82) is 0 Å². The molecule has 0 radical (unpaired) electrons. The van der Waals surface area contributed by atoms with Gasteiger partial charge in [0.2, 0.25) is 0 Å². The van der Waals surface area contributed by atoms with E-state index in [-0.39, 0.29) is 0 Å². The molecule has 2 aliphatic carbocycles. The van der Waals surface area contributed by atoms with Gasteiger partial charge in [0.25, 0.3) is 0 Å². The maximum Gasteiger partial charge on any atom is 0.143 e. The lowest BCUT2D eigenvalue weighted by Crippen LogP contribution is -2.29. The van der Waals surface area contributed by atoms with E-state index in [1.807, 2.05) is 6.07 Å². The Hall–Kier alpha value is -9.18. The third-order valence-electron chi connectivity index (χ3n) is 15.1. The Labute approximate surface area is 405 Å². The van der Waals surface area contributed by atoms with Crippen LogP contribution >= 0.6 is 0 Å².